The largest absolute Gasteiger partial charge is 0.298 e. The maximum Gasteiger partial charge on any atom is 0.137 e. The van der Waals surface area contributed by atoms with Gasteiger partial charge in [-0.3, -0.25) is 9.80 Å². The fourth-order valence-electron chi connectivity index (χ4n) is 3.18. The molecule has 1 aliphatic heterocycles. The molecule has 1 saturated heterocycles. The molecule has 0 aromatic heterocycles. The Hall–Kier alpha value is -1.74. The Labute approximate surface area is 156 Å². The van der Waals surface area contributed by atoms with Gasteiger partial charge in [-0.25, -0.2) is 4.39 Å². The molecule has 0 bridgehead atoms. The lowest BCUT2D eigenvalue weighted by atomic mass is 10.1. The molecular weight excluding hydrogens is 381 g/mol. The average Bonchev–Trinajstić information content (AvgIpc) is 2.84. The fraction of sp³-hybridized carbons (Fsp3) is 0.350. The van der Waals surface area contributed by atoms with E-state index < -0.39 is 0 Å². The summed E-state index contributed by atoms with van der Waals surface area (Å²) in [5, 5.41) is 8.88. The third-order valence-electron chi connectivity index (χ3n) is 4.56. The Bertz CT molecular complexity index is 755. The van der Waals surface area contributed by atoms with Crippen molar-refractivity contribution < 1.29 is 4.39 Å². The Kier molecular flexibility index (Phi) is 6.19. The zero-order valence-electron chi connectivity index (χ0n) is 14.1. The Morgan fingerprint density at radius 2 is 1.52 bits per heavy atom. The molecule has 0 radical (unpaired) electrons. The number of hydrogen-bond acceptors (Lipinski definition) is 3. The van der Waals surface area contributed by atoms with E-state index in [1.807, 2.05) is 36.4 Å². The van der Waals surface area contributed by atoms with Crippen molar-refractivity contribution in [2.45, 2.75) is 19.5 Å². The van der Waals surface area contributed by atoms with Crippen molar-refractivity contribution in [2.75, 3.05) is 26.2 Å². The molecule has 1 heterocycles. The van der Waals surface area contributed by atoms with E-state index in [9.17, 15) is 4.39 Å². The van der Waals surface area contributed by atoms with Gasteiger partial charge in [-0.2, -0.15) is 5.26 Å². The van der Waals surface area contributed by atoms with Gasteiger partial charge in [0.2, 0.25) is 0 Å². The molecule has 0 spiro atoms. The first-order valence-corrected chi connectivity index (χ1v) is 9.31. The van der Waals surface area contributed by atoms with Crippen LogP contribution in [0.15, 0.2) is 46.9 Å². The molecule has 5 heteroatoms. The zero-order valence-corrected chi connectivity index (χ0v) is 15.7. The first-order valence-electron chi connectivity index (χ1n) is 8.52. The third-order valence-corrected chi connectivity index (χ3v) is 5.17. The molecule has 25 heavy (non-hydrogen) atoms. The smallest absolute Gasteiger partial charge is 0.137 e. The molecule has 0 amide bonds. The lowest BCUT2D eigenvalue weighted by Crippen LogP contribution is -2.30. The van der Waals surface area contributed by atoms with Crippen LogP contribution in [0.5, 0.6) is 0 Å². The molecule has 1 aliphatic rings. The predicted molar refractivity (Wildman–Crippen MR) is 100 cm³/mol. The Morgan fingerprint density at radius 1 is 0.920 bits per heavy atom. The van der Waals surface area contributed by atoms with E-state index in [4.69, 9.17) is 5.26 Å². The van der Waals surface area contributed by atoms with Crippen LogP contribution in [0.1, 0.15) is 23.1 Å². The molecule has 0 aliphatic carbocycles. The van der Waals surface area contributed by atoms with E-state index in [-0.39, 0.29) is 5.82 Å². The summed E-state index contributed by atoms with van der Waals surface area (Å²) in [5.41, 5.74) is 3.08. The summed E-state index contributed by atoms with van der Waals surface area (Å²) in [4.78, 5) is 4.89. The Balaban J connectivity index is 1.54. The van der Waals surface area contributed by atoms with Crippen LogP contribution in [0, 0.1) is 17.1 Å². The summed E-state index contributed by atoms with van der Waals surface area (Å²) in [6.07, 6.45) is 1.12. The summed E-state index contributed by atoms with van der Waals surface area (Å²) < 4.78 is 13.9. The van der Waals surface area contributed by atoms with E-state index in [0.717, 1.165) is 51.3 Å². The second kappa shape index (κ2) is 8.57. The predicted octanol–water partition coefficient (Wildman–Crippen LogP) is 4.17. The highest BCUT2D eigenvalue weighted by Gasteiger charge is 2.15. The van der Waals surface area contributed by atoms with Gasteiger partial charge >= 0.3 is 0 Å². The number of benzene rings is 2. The summed E-state index contributed by atoms with van der Waals surface area (Å²) in [5.74, 6) is -0.215. The van der Waals surface area contributed by atoms with Gasteiger partial charge in [-0.05, 0) is 70.8 Å². The van der Waals surface area contributed by atoms with Crippen LogP contribution in [0.4, 0.5) is 4.39 Å². The number of halogens is 2. The van der Waals surface area contributed by atoms with Crippen LogP contribution in [0.25, 0.3) is 0 Å². The van der Waals surface area contributed by atoms with Crippen molar-refractivity contribution in [3.05, 3.63) is 69.4 Å². The topological polar surface area (TPSA) is 30.3 Å². The SMILES string of the molecule is N#Cc1ccc(CN2CCCN(Cc3ccc(F)c(Br)c3)CC2)cc1. The van der Waals surface area contributed by atoms with E-state index >= 15 is 0 Å². The minimum Gasteiger partial charge on any atom is -0.298 e. The van der Waals surface area contributed by atoms with Crippen LogP contribution < -0.4 is 0 Å². The maximum atomic E-state index is 13.4. The molecule has 0 saturated carbocycles. The second-order valence-electron chi connectivity index (χ2n) is 6.46. The molecule has 2 aromatic rings. The van der Waals surface area contributed by atoms with Gasteiger partial charge in [-0.1, -0.05) is 18.2 Å². The highest BCUT2D eigenvalue weighted by atomic mass is 79.9. The number of rotatable bonds is 4. The first kappa shape index (κ1) is 18.1. The molecule has 3 rings (SSSR count). The molecule has 2 aromatic carbocycles. The number of nitriles is 1. The zero-order chi connectivity index (χ0) is 17.6. The van der Waals surface area contributed by atoms with Gasteiger partial charge in [0.05, 0.1) is 16.1 Å². The molecule has 0 unspecified atom stereocenters. The lowest BCUT2D eigenvalue weighted by Gasteiger charge is -2.22. The first-order chi connectivity index (χ1) is 12.1. The molecule has 3 nitrogen and oxygen atoms in total. The summed E-state index contributed by atoms with van der Waals surface area (Å²) >= 11 is 3.26. The highest BCUT2D eigenvalue weighted by molar-refractivity contribution is 9.10. The van der Waals surface area contributed by atoms with E-state index in [2.05, 4.69) is 31.8 Å². The minimum absolute atomic E-state index is 0.215. The average molecular weight is 402 g/mol. The minimum atomic E-state index is -0.215. The quantitative estimate of drug-likeness (QED) is 0.769. The van der Waals surface area contributed by atoms with Gasteiger partial charge in [-0.15, -0.1) is 0 Å². The van der Waals surface area contributed by atoms with Gasteiger partial charge in [0, 0.05) is 26.2 Å². The normalized spacial score (nSPS) is 16.4. The maximum absolute atomic E-state index is 13.4. The molecule has 130 valence electrons. The van der Waals surface area contributed by atoms with Gasteiger partial charge in [0.15, 0.2) is 0 Å². The van der Waals surface area contributed by atoms with Crippen LogP contribution in [0.3, 0.4) is 0 Å². The van der Waals surface area contributed by atoms with Gasteiger partial charge in [0.1, 0.15) is 5.82 Å². The van der Waals surface area contributed by atoms with Crippen molar-refractivity contribution in [1.29, 1.82) is 5.26 Å². The summed E-state index contributed by atoms with van der Waals surface area (Å²) in [7, 11) is 0. The van der Waals surface area contributed by atoms with Crippen molar-refractivity contribution in [3.8, 4) is 6.07 Å². The number of hydrogen-bond donors (Lipinski definition) is 0. The summed E-state index contributed by atoms with van der Waals surface area (Å²) in [6.45, 7) is 5.92. The monoisotopic (exact) mass is 401 g/mol. The van der Waals surface area contributed by atoms with Crippen LogP contribution in [-0.4, -0.2) is 36.0 Å². The Morgan fingerprint density at radius 3 is 2.12 bits per heavy atom. The van der Waals surface area contributed by atoms with Gasteiger partial charge < -0.3 is 0 Å². The molecule has 0 N–H and O–H groups in total. The van der Waals surface area contributed by atoms with Crippen molar-refractivity contribution >= 4 is 15.9 Å². The van der Waals surface area contributed by atoms with Gasteiger partial charge in [0.25, 0.3) is 0 Å². The van der Waals surface area contributed by atoms with E-state index in [1.54, 1.807) is 0 Å². The van der Waals surface area contributed by atoms with Crippen LogP contribution >= 0.6 is 15.9 Å². The lowest BCUT2D eigenvalue weighted by molar-refractivity contribution is 0.247. The van der Waals surface area contributed by atoms with Crippen molar-refractivity contribution in [1.82, 2.24) is 9.80 Å². The highest BCUT2D eigenvalue weighted by Crippen LogP contribution is 2.19. The van der Waals surface area contributed by atoms with Crippen LogP contribution in [-0.2, 0) is 13.1 Å². The number of nitrogens with zero attached hydrogens (tertiary/aromatic N) is 3. The van der Waals surface area contributed by atoms with Crippen LogP contribution in [0.2, 0.25) is 0 Å². The third kappa shape index (κ3) is 5.12. The molecule has 1 fully saturated rings. The standard InChI is InChI=1S/C20H21BrFN3/c21-19-12-18(6-7-20(19)22)15-25-9-1-8-24(10-11-25)14-17-4-2-16(13-23)3-5-17/h2-7,12H,1,8-11,14-15H2. The van der Waals surface area contributed by atoms with E-state index in [0.29, 0.717) is 10.0 Å². The van der Waals surface area contributed by atoms with Crippen molar-refractivity contribution in [2.24, 2.45) is 0 Å². The fourth-order valence-corrected chi connectivity index (χ4v) is 3.61. The molecular formula is C20H21BrFN3. The molecule has 0 atom stereocenters. The van der Waals surface area contributed by atoms with Crippen molar-refractivity contribution in [3.63, 3.8) is 0 Å². The summed E-state index contributed by atoms with van der Waals surface area (Å²) in [6, 6.07) is 15.2. The second-order valence-corrected chi connectivity index (χ2v) is 7.32. The van der Waals surface area contributed by atoms with E-state index in [1.165, 1.54) is 11.6 Å².